The van der Waals surface area contributed by atoms with Gasteiger partial charge in [0.2, 0.25) is 5.88 Å². The highest BCUT2D eigenvalue weighted by Gasteiger charge is 2.15. The zero-order chi connectivity index (χ0) is 22.3. The van der Waals surface area contributed by atoms with Gasteiger partial charge in [-0.1, -0.05) is 18.2 Å². The van der Waals surface area contributed by atoms with Gasteiger partial charge >= 0.3 is 0 Å². The molecule has 1 aromatic carbocycles. The normalized spacial score (nSPS) is 17.8. The molecule has 2 aliphatic rings. The molecule has 2 fully saturated rings. The summed E-state index contributed by atoms with van der Waals surface area (Å²) in [5.41, 5.74) is 2.92. The quantitative estimate of drug-likeness (QED) is 0.489. The molecule has 0 atom stereocenters. The van der Waals surface area contributed by atoms with E-state index in [1.165, 1.54) is 0 Å². The van der Waals surface area contributed by atoms with Crippen LogP contribution in [-0.2, 0) is 16.0 Å². The third kappa shape index (κ3) is 5.71. The molecular formula is C25H30N4O4. The predicted octanol–water partition coefficient (Wildman–Crippen LogP) is 2.99. The van der Waals surface area contributed by atoms with E-state index >= 15 is 0 Å². The van der Waals surface area contributed by atoms with Crippen molar-refractivity contribution in [2.24, 2.45) is 4.99 Å². The number of nitrogens with zero attached hydrogens (tertiary/aromatic N) is 4. The molecular weight excluding hydrogens is 420 g/mol. The number of aromatic nitrogens is 1. The molecule has 0 radical (unpaired) electrons. The number of aliphatic imine (C=N–C) groups is 1. The summed E-state index contributed by atoms with van der Waals surface area (Å²) >= 11 is 0. The first-order chi connectivity index (χ1) is 16.3. The molecule has 0 aliphatic carbocycles. The van der Waals surface area contributed by atoms with Crippen molar-refractivity contribution in [3.05, 3.63) is 53.8 Å². The zero-order valence-corrected chi connectivity index (χ0v) is 18.8. The van der Waals surface area contributed by atoms with Gasteiger partial charge in [0.1, 0.15) is 24.3 Å². The standard InChI is InChI=1S/C25H30N4O4/c1-2-4-23-22(3-1)21(19-33-23)18-26-17-20-15-24(29-8-12-31-13-9-29)27-25(16-20)32-14-7-28-5-10-30-11-6-28/h1-4,15-16,18-19H,5-14,17H2. The Kier molecular flexibility index (Phi) is 7.15. The first-order valence-electron chi connectivity index (χ1n) is 11.6. The van der Waals surface area contributed by atoms with E-state index in [9.17, 15) is 0 Å². The Hall–Kier alpha value is -2.94. The van der Waals surface area contributed by atoms with Gasteiger partial charge in [-0.2, -0.15) is 4.98 Å². The lowest BCUT2D eigenvalue weighted by atomic mass is 10.2. The molecule has 5 rings (SSSR count). The fourth-order valence-corrected chi connectivity index (χ4v) is 4.12. The van der Waals surface area contributed by atoms with E-state index in [1.807, 2.05) is 36.5 Å². The Morgan fingerprint density at radius 1 is 1.00 bits per heavy atom. The van der Waals surface area contributed by atoms with Crippen LogP contribution in [0.15, 0.2) is 52.1 Å². The molecule has 0 N–H and O–H groups in total. The van der Waals surface area contributed by atoms with Crippen LogP contribution in [0, 0.1) is 0 Å². The second-order valence-corrected chi connectivity index (χ2v) is 8.23. The molecule has 3 aromatic rings. The number of anilines is 1. The van der Waals surface area contributed by atoms with Crippen molar-refractivity contribution in [1.82, 2.24) is 9.88 Å². The molecule has 0 unspecified atom stereocenters. The van der Waals surface area contributed by atoms with E-state index in [1.54, 1.807) is 6.26 Å². The van der Waals surface area contributed by atoms with Crippen LogP contribution >= 0.6 is 0 Å². The third-order valence-corrected chi connectivity index (χ3v) is 5.96. The van der Waals surface area contributed by atoms with Gasteiger partial charge in [0.15, 0.2) is 0 Å². The highest BCUT2D eigenvalue weighted by Crippen LogP contribution is 2.22. The van der Waals surface area contributed by atoms with E-state index in [0.29, 0.717) is 32.2 Å². The number of morpholine rings is 2. The molecule has 2 aliphatic heterocycles. The summed E-state index contributed by atoms with van der Waals surface area (Å²) in [6.07, 6.45) is 3.62. The molecule has 8 nitrogen and oxygen atoms in total. The molecule has 4 heterocycles. The van der Waals surface area contributed by atoms with Crippen molar-refractivity contribution in [2.75, 3.05) is 70.7 Å². The lowest BCUT2D eigenvalue weighted by molar-refractivity contribution is 0.0320. The Morgan fingerprint density at radius 2 is 1.79 bits per heavy atom. The summed E-state index contributed by atoms with van der Waals surface area (Å²) in [4.78, 5) is 14.1. The van der Waals surface area contributed by atoms with Crippen molar-refractivity contribution in [2.45, 2.75) is 6.54 Å². The maximum absolute atomic E-state index is 6.07. The number of hydrogen-bond donors (Lipinski definition) is 0. The summed E-state index contributed by atoms with van der Waals surface area (Å²) in [6, 6.07) is 12.1. The number of pyridine rings is 1. The SMILES string of the molecule is C(=NCc1cc(OCCN2CCOCC2)nc(N2CCOCC2)c1)c1coc2ccccc12. The van der Waals surface area contributed by atoms with Crippen LogP contribution in [-0.4, -0.2) is 81.9 Å². The van der Waals surface area contributed by atoms with Crippen LogP contribution in [0.1, 0.15) is 11.1 Å². The summed E-state index contributed by atoms with van der Waals surface area (Å²) in [6.45, 7) is 8.58. The predicted molar refractivity (Wildman–Crippen MR) is 128 cm³/mol. The molecule has 2 saturated heterocycles. The minimum Gasteiger partial charge on any atom is -0.476 e. The molecule has 0 bridgehead atoms. The number of furan rings is 1. The monoisotopic (exact) mass is 450 g/mol. The van der Waals surface area contributed by atoms with Crippen LogP contribution in [0.2, 0.25) is 0 Å². The highest BCUT2D eigenvalue weighted by atomic mass is 16.5. The summed E-state index contributed by atoms with van der Waals surface area (Å²) in [5, 5.41) is 1.07. The molecule has 0 saturated carbocycles. The van der Waals surface area contributed by atoms with Crippen molar-refractivity contribution in [3.63, 3.8) is 0 Å². The largest absolute Gasteiger partial charge is 0.476 e. The van der Waals surface area contributed by atoms with Crippen LogP contribution in [0.4, 0.5) is 5.82 Å². The number of para-hydroxylation sites is 1. The number of ether oxygens (including phenoxy) is 3. The van der Waals surface area contributed by atoms with Gasteiger partial charge in [-0.3, -0.25) is 9.89 Å². The van der Waals surface area contributed by atoms with Gasteiger partial charge in [0.25, 0.3) is 0 Å². The zero-order valence-electron chi connectivity index (χ0n) is 18.8. The smallest absolute Gasteiger partial charge is 0.215 e. The maximum Gasteiger partial charge on any atom is 0.215 e. The minimum atomic E-state index is 0.541. The first-order valence-corrected chi connectivity index (χ1v) is 11.6. The van der Waals surface area contributed by atoms with Crippen molar-refractivity contribution in [3.8, 4) is 5.88 Å². The number of rotatable bonds is 8. The molecule has 8 heteroatoms. The third-order valence-electron chi connectivity index (χ3n) is 5.96. The second-order valence-electron chi connectivity index (χ2n) is 8.23. The molecule has 0 amide bonds. The van der Waals surface area contributed by atoms with Gasteiger partial charge in [0, 0.05) is 56.0 Å². The summed E-state index contributed by atoms with van der Waals surface area (Å²) in [5.74, 6) is 1.56. The number of fused-ring (bicyclic) bond motifs is 1. The van der Waals surface area contributed by atoms with Crippen molar-refractivity contribution in [1.29, 1.82) is 0 Å². The maximum atomic E-state index is 6.07. The van der Waals surface area contributed by atoms with E-state index in [-0.39, 0.29) is 0 Å². The van der Waals surface area contributed by atoms with E-state index in [4.69, 9.17) is 23.6 Å². The van der Waals surface area contributed by atoms with Gasteiger partial charge in [0.05, 0.1) is 33.0 Å². The number of hydrogen-bond acceptors (Lipinski definition) is 8. The summed E-state index contributed by atoms with van der Waals surface area (Å²) in [7, 11) is 0. The average Bonchev–Trinajstić information content (AvgIpc) is 3.28. The lowest BCUT2D eigenvalue weighted by Crippen LogP contribution is -2.38. The fraction of sp³-hybridized carbons (Fsp3) is 0.440. The van der Waals surface area contributed by atoms with E-state index in [2.05, 4.69) is 20.9 Å². The van der Waals surface area contributed by atoms with Gasteiger partial charge in [-0.25, -0.2) is 0 Å². The fourth-order valence-electron chi connectivity index (χ4n) is 4.12. The highest BCUT2D eigenvalue weighted by molar-refractivity contribution is 5.97. The van der Waals surface area contributed by atoms with Gasteiger partial charge < -0.3 is 23.5 Å². The van der Waals surface area contributed by atoms with Gasteiger partial charge in [-0.05, 0) is 17.7 Å². The Morgan fingerprint density at radius 3 is 2.64 bits per heavy atom. The van der Waals surface area contributed by atoms with Crippen LogP contribution in [0.3, 0.4) is 0 Å². The summed E-state index contributed by atoms with van der Waals surface area (Å²) < 4.78 is 22.6. The topological polar surface area (TPSA) is 72.6 Å². The van der Waals surface area contributed by atoms with Gasteiger partial charge in [-0.15, -0.1) is 0 Å². The lowest BCUT2D eigenvalue weighted by Gasteiger charge is -2.28. The average molecular weight is 451 g/mol. The van der Waals surface area contributed by atoms with Crippen molar-refractivity contribution >= 4 is 23.0 Å². The molecule has 0 spiro atoms. The minimum absolute atomic E-state index is 0.541. The Bertz CT molecular complexity index is 1070. The molecule has 33 heavy (non-hydrogen) atoms. The van der Waals surface area contributed by atoms with E-state index < -0.39 is 0 Å². The first kappa shape index (κ1) is 21.9. The van der Waals surface area contributed by atoms with Crippen molar-refractivity contribution < 1.29 is 18.6 Å². The van der Waals surface area contributed by atoms with Crippen LogP contribution in [0.5, 0.6) is 5.88 Å². The van der Waals surface area contributed by atoms with Crippen LogP contribution < -0.4 is 9.64 Å². The van der Waals surface area contributed by atoms with E-state index in [0.717, 1.165) is 73.9 Å². The molecule has 174 valence electrons. The number of benzene rings is 1. The molecule has 2 aromatic heterocycles. The van der Waals surface area contributed by atoms with Crippen LogP contribution in [0.25, 0.3) is 11.0 Å². The Balaban J connectivity index is 1.28. The second kappa shape index (κ2) is 10.8. The Labute approximate surface area is 193 Å².